The normalized spacial score (nSPS) is 20.7. The van der Waals surface area contributed by atoms with Crippen molar-refractivity contribution in [1.29, 1.82) is 0 Å². The molecule has 10 amide bonds. The van der Waals surface area contributed by atoms with E-state index in [1.807, 2.05) is 12.4 Å². The molecule has 462 valence electrons. The molecule has 2 aliphatic carbocycles. The monoisotopic (exact) mass is 1200 g/mol. The van der Waals surface area contributed by atoms with Crippen LogP contribution < -0.4 is 74.4 Å². The maximum Gasteiger partial charge on any atom is 0.303 e. The van der Waals surface area contributed by atoms with E-state index >= 15 is 0 Å². The number of rotatable bonds is 34. The lowest BCUT2D eigenvalue weighted by Gasteiger charge is -2.30. The maximum atomic E-state index is 14.3. The van der Waals surface area contributed by atoms with Crippen LogP contribution in [0.4, 0.5) is 0 Å². The molecule has 26 nitrogen and oxygen atoms in total. The number of carboxylic acids is 1. The number of hydrogen-bond donors (Lipinski definition) is 17. The topological polar surface area (TPSA) is 376 Å². The van der Waals surface area contributed by atoms with Crippen LogP contribution in [-0.2, 0) is 52.7 Å². The van der Waals surface area contributed by atoms with Gasteiger partial charge in [0.2, 0.25) is 59.1 Å². The van der Waals surface area contributed by atoms with Gasteiger partial charge in [-0.25, -0.2) is 0 Å². The third-order valence-corrected chi connectivity index (χ3v) is 15.8. The number of hydrogen-bond acceptors (Lipinski definition) is 17. The zero-order valence-corrected chi connectivity index (χ0v) is 49.8. The van der Waals surface area contributed by atoms with Gasteiger partial charge >= 0.3 is 5.97 Å². The summed E-state index contributed by atoms with van der Waals surface area (Å²) in [4.78, 5) is 147. The van der Waals surface area contributed by atoms with Gasteiger partial charge in [-0.3, -0.25) is 52.7 Å². The van der Waals surface area contributed by atoms with Crippen LogP contribution in [0.2, 0.25) is 0 Å². The quantitative estimate of drug-likeness (QED) is 0.0324. The largest absolute Gasteiger partial charge is 0.481 e. The molecule has 2 fully saturated rings. The fourth-order valence-corrected chi connectivity index (χ4v) is 11.3. The number of carboxylic acid groups (broad SMARTS) is 1. The molecule has 4 unspecified atom stereocenters. The Balaban J connectivity index is 1.19. The lowest BCUT2D eigenvalue weighted by atomic mass is 9.80. The molecule has 0 saturated heterocycles. The van der Waals surface area contributed by atoms with E-state index < -0.39 is 140 Å². The second-order valence-electron chi connectivity index (χ2n) is 22.6. The Hall–Kier alpha value is -6.71. The Bertz CT molecular complexity index is 2420. The second kappa shape index (κ2) is 34.2. The van der Waals surface area contributed by atoms with Crippen molar-refractivity contribution < 1.29 is 57.8 Å². The number of carbonyl (C=O) groups is 11. The van der Waals surface area contributed by atoms with Gasteiger partial charge in [-0.05, 0) is 92.5 Å². The first kappa shape index (κ1) is 67.1. The van der Waals surface area contributed by atoms with E-state index in [0.29, 0.717) is 18.1 Å². The number of thiol groups is 2. The molecular weight excluding hydrogens is 1110 g/mol. The van der Waals surface area contributed by atoms with Crippen molar-refractivity contribution in [1.82, 2.24) is 74.4 Å². The van der Waals surface area contributed by atoms with Crippen molar-refractivity contribution in [3.8, 4) is 0 Å². The van der Waals surface area contributed by atoms with Crippen molar-refractivity contribution in [2.45, 2.75) is 172 Å². The number of amides is 10. The van der Waals surface area contributed by atoms with Crippen LogP contribution in [-0.4, -0.2) is 163 Å². The predicted octanol–water partition coefficient (Wildman–Crippen LogP) is -1.57. The standard InChI is InChI=1S/C55H88N14O12S2/c1-30(2)19-40(66-54(80)43(22-34-25-56-29-63-34)67-53(79)42(65-45(71)26-60-44(70)15-17-82)21-33-24-59-38-12-8-6-10-36(33)38)52(78)62-27-46(72)64-39(13-14-48(74)75)50(76)61-28-47(73)69-49(31(3)4)55(81)68-41(51(77)57-16-18-83)20-32-23-58-37-11-7-5-9-35(32)37/h23-25,30-31,35-43,49,56,58-59,63,82-83H,5-22,26-29H2,1-4H3,(H,57,77)(H,60,70)(H,61,76)(H,62,78)(H,64,72)(H,65,71)(H,66,80)(H,67,79)(H,68,81)(H,69,73)(H,74,75)/t35?,36?,37?,38?,39-,40-,41-,42-,43-,49-/m0/s1. The van der Waals surface area contributed by atoms with Gasteiger partial charge in [-0.15, -0.1) is 0 Å². The van der Waals surface area contributed by atoms with Crippen molar-refractivity contribution in [3.63, 3.8) is 0 Å². The van der Waals surface area contributed by atoms with E-state index in [9.17, 15) is 57.8 Å². The molecule has 10 atom stereocenters. The SMILES string of the molecule is CC(C)C[C@H](NC(=O)[C@H](CC1=CNCN1)NC(=O)[C@H](CC1=CNC2CCCCC12)NC(=O)CNC(=O)CCS)C(=O)NCC(=O)N[C@@H](CCC(=O)O)C(=O)NCC(=O)N[C@H](C(=O)N[C@@H](CC1=CNC2CCCCC12)C(=O)NCCS)C(C)C. The Morgan fingerprint density at radius 2 is 1.02 bits per heavy atom. The van der Waals surface area contributed by atoms with Gasteiger partial charge in [-0.2, -0.15) is 25.3 Å². The molecule has 5 rings (SSSR count). The smallest absolute Gasteiger partial charge is 0.303 e. The first-order valence-electron chi connectivity index (χ1n) is 29.0. The molecule has 15 N–H and O–H groups in total. The summed E-state index contributed by atoms with van der Waals surface area (Å²) in [6, 6.07) is -6.79. The summed E-state index contributed by atoms with van der Waals surface area (Å²) >= 11 is 8.25. The van der Waals surface area contributed by atoms with Gasteiger partial charge in [0, 0.05) is 67.4 Å². The Morgan fingerprint density at radius 1 is 0.530 bits per heavy atom. The minimum Gasteiger partial charge on any atom is -0.481 e. The molecule has 0 bridgehead atoms. The van der Waals surface area contributed by atoms with E-state index in [1.54, 1.807) is 33.9 Å². The number of nitrogens with one attached hydrogen (secondary N) is 14. The van der Waals surface area contributed by atoms with Crippen LogP contribution in [0.5, 0.6) is 0 Å². The molecule has 0 spiro atoms. The summed E-state index contributed by atoms with van der Waals surface area (Å²) in [5.74, 6) is -7.77. The Kier molecular flexibility index (Phi) is 27.6. The van der Waals surface area contributed by atoms with E-state index in [4.69, 9.17) is 0 Å². The Labute approximate surface area is 496 Å². The summed E-state index contributed by atoms with van der Waals surface area (Å²) < 4.78 is 0. The lowest BCUT2D eigenvalue weighted by molar-refractivity contribution is -0.138. The molecule has 83 heavy (non-hydrogen) atoms. The fourth-order valence-electron chi connectivity index (χ4n) is 11.0. The van der Waals surface area contributed by atoms with Crippen LogP contribution in [0, 0.1) is 23.7 Å². The molecule has 0 aromatic heterocycles. The van der Waals surface area contributed by atoms with E-state index in [2.05, 4.69) is 99.7 Å². The highest BCUT2D eigenvalue weighted by molar-refractivity contribution is 7.80. The summed E-state index contributed by atoms with van der Waals surface area (Å²) in [6.45, 7) is 5.84. The van der Waals surface area contributed by atoms with Gasteiger partial charge in [0.15, 0.2) is 0 Å². The number of fused-ring (bicyclic) bond motifs is 2. The zero-order valence-electron chi connectivity index (χ0n) is 48.0. The van der Waals surface area contributed by atoms with Gasteiger partial charge in [0.05, 0.1) is 26.3 Å². The molecule has 28 heteroatoms. The minimum absolute atomic E-state index is 0.0528. The maximum absolute atomic E-state index is 14.3. The van der Waals surface area contributed by atoms with Crippen molar-refractivity contribution in [2.75, 3.05) is 44.4 Å². The second-order valence-corrected chi connectivity index (χ2v) is 23.5. The van der Waals surface area contributed by atoms with Crippen LogP contribution in [0.15, 0.2) is 35.4 Å². The van der Waals surface area contributed by atoms with Crippen LogP contribution in [0.25, 0.3) is 0 Å². The first-order valence-corrected chi connectivity index (χ1v) is 30.3. The van der Waals surface area contributed by atoms with Gasteiger partial charge in [0.25, 0.3) is 0 Å². The number of aliphatic carboxylic acids is 1. The van der Waals surface area contributed by atoms with Crippen LogP contribution in [0.3, 0.4) is 0 Å². The van der Waals surface area contributed by atoms with E-state index in [1.165, 1.54) is 0 Å². The summed E-state index contributed by atoms with van der Waals surface area (Å²) in [5.41, 5.74) is 2.53. The number of carbonyl (C=O) groups excluding carboxylic acids is 10. The van der Waals surface area contributed by atoms with Crippen LogP contribution >= 0.6 is 25.3 Å². The van der Waals surface area contributed by atoms with E-state index in [-0.39, 0.29) is 74.2 Å². The average Bonchev–Trinajstić information content (AvgIpc) is 4.45. The third-order valence-electron chi connectivity index (χ3n) is 15.3. The molecule has 5 aliphatic rings. The predicted molar refractivity (Wildman–Crippen MR) is 314 cm³/mol. The molecule has 3 heterocycles. The summed E-state index contributed by atoms with van der Waals surface area (Å²) in [6.07, 6.45) is 13.0. The zero-order chi connectivity index (χ0) is 60.6. The fraction of sp³-hybridized carbons (Fsp3) is 0.691. The van der Waals surface area contributed by atoms with E-state index in [0.717, 1.165) is 62.5 Å². The molecule has 0 radical (unpaired) electrons. The average molecular weight is 1200 g/mol. The van der Waals surface area contributed by atoms with Gasteiger partial charge in [0.1, 0.15) is 36.3 Å². The molecular formula is C55H88N14O12S2. The van der Waals surface area contributed by atoms with Gasteiger partial charge < -0.3 is 79.5 Å². The van der Waals surface area contributed by atoms with Crippen molar-refractivity contribution in [3.05, 3.63) is 35.4 Å². The van der Waals surface area contributed by atoms with Crippen molar-refractivity contribution in [2.24, 2.45) is 23.7 Å². The molecule has 0 aromatic rings. The highest BCUT2D eigenvalue weighted by Crippen LogP contribution is 2.37. The third kappa shape index (κ3) is 22.1. The highest BCUT2D eigenvalue weighted by atomic mass is 32.1. The summed E-state index contributed by atoms with van der Waals surface area (Å²) in [5, 5.41) is 48.7. The minimum atomic E-state index is -1.49. The van der Waals surface area contributed by atoms with Crippen LogP contribution in [0.1, 0.15) is 124 Å². The van der Waals surface area contributed by atoms with Gasteiger partial charge in [-0.1, -0.05) is 53.4 Å². The lowest BCUT2D eigenvalue weighted by Crippen LogP contribution is -2.58. The Morgan fingerprint density at radius 3 is 1.55 bits per heavy atom. The molecule has 3 aliphatic heterocycles. The highest BCUT2D eigenvalue weighted by Gasteiger charge is 2.39. The first-order chi connectivity index (χ1) is 39.6. The summed E-state index contributed by atoms with van der Waals surface area (Å²) in [7, 11) is 0. The van der Waals surface area contributed by atoms with Crippen molar-refractivity contribution >= 4 is 90.3 Å². The molecule has 0 aromatic carbocycles. The molecule has 2 saturated carbocycles.